The van der Waals surface area contributed by atoms with Gasteiger partial charge in [0, 0.05) is 18.6 Å². The van der Waals surface area contributed by atoms with Crippen molar-refractivity contribution in [2.24, 2.45) is 19.2 Å². The Labute approximate surface area is 156 Å². The molecule has 1 aliphatic heterocycles. The molecule has 26 heavy (non-hydrogen) atoms. The highest BCUT2D eigenvalue weighted by molar-refractivity contribution is 9.10. The average Bonchev–Trinajstić information content (AvgIpc) is 2.90. The number of hydrogen-bond acceptors (Lipinski definition) is 5. The molecule has 134 valence electrons. The third-order valence-electron chi connectivity index (χ3n) is 4.09. The van der Waals surface area contributed by atoms with E-state index in [1.807, 2.05) is 0 Å². The van der Waals surface area contributed by atoms with E-state index in [9.17, 15) is 19.5 Å². The molecule has 1 aromatic carbocycles. The van der Waals surface area contributed by atoms with Crippen molar-refractivity contribution in [3.63, 3.8) is 0 Å². The molecule has 0 atom stereocenters. The van der Waals surface area contributed by atoms with Crippen LogP contribution in [0.3, 0.4) is 0 Å². The van der Waals surface area contributed by atoms with Crippen LogP contribution in [0.2, 0.25) is 0 Å². The molecule has 3 rings (SSSR count). The minimum Gasteiger partial charge on any atom is -0.494 e. The van der Waals surface area contributed by atoms with Gasteiger partial charge in [-0.25, -0.2) is 4.79 Å². The van der Waals surface area contributed by atoms with Crippen LogP contribution in [-0.4, -0.2) is 25.9 Å². The highest BCUT2D eigenvalue weighted by Crippen LogP contribution is 2.26. The van der Waals surface area contributed by atoms with Crippen molar-refractivity contribution in [1.82, 2.24) is 9.13 Å². The summed E-state index contributed by atoms with van der Waals surface area (Å²) in [7, 11) is 2.64. The summed E-state index contributed by atoms with van der Waals surface area (Å²) in [5.74, 6) is -0.937. The quantitative estimate of drug-likeness (QED) is 0.744. The monoisotopic (exact) mass is 418 g/mol. The molecule has 1 N–H and O–H groups in total. The lowest BCUT2D eigenvalue weighted by molar-refractivity contribution is -0.114. The maximum atomic E-state index is 12.7. The summed E-state index contributed by atoms with van der Waals surface area (Å²) in [6.45, 7) is 1.63. The van der Waals surface area contributed by atoms with Gasteiger partial charge in [0.1, 0.15) is 5.56 Å². The van der Waals surface area contributed by atoms with Gasteiger partial charge in [0.15, 0.2) is 0 Å². The minimum absolute atomic E-state index is 0.148. The van der Waals surface area contributed by atoms with Crippen LogP contribution in [0.25, 0.3) is 6.08 Å². The van der Waals surface area contributed by atoms with Gasteiger partial charge in [-0.2, -0.15) is 10.1 Å². The largest absolute Gasteiger partial charge is 0.494 e. The molecule has 0 spiro atoms. The Morgan fingerprint density at radius 2 is 1.69 bits per heavy atom. The smallest absolute Gasteiger partial charge is 0.333 e. The van der Waals surface area contributed by atoms with E-state index >= 15 is 0 Å². The lowest BCUT2D eigenvalue weighted by Crippen LogP contribution is -2.38. The third kappa shape index (κ3) is 2.80. The van der Waals surface area contributed by atoms with Crippen LogP contribution in [0.4, 0.5) is 5.69 Å². The van der Waals surface area contributed by atoms with Gasteiger partial charge in [-0.05, 0) is 37.3 Å². The zero-order valence-corrected chi connectivity index (χ0v) is 15.8. The summed E-state index contributed by atoms with van der Waals surface area (Å²) in [5, 5.41) is 15.6. The van der Waals surface area contributed by atoms with Gasteiger partial charge in [0.25, 0.3) is 11.5 Å². The normalized spacial score (nSPS) is 15.7. The second-order valence-corrected chi connectivity index (χ2v) is 6.70. The SMILES string of the molecule is CC1=NN(c2ccc(Br)cc2)C(=O)C1=Cc1c(O)n(C)c(=O)n(C)c1=O. The lowest BCUT2D eigenvalue weighted by Gasteiger charge is -2.12. The first-order valence-corrected chi connectivity index (χ1v) is 8.38. The van der Waals surface area contributed by atoms with Crippen molar-refractivity contribution in [1.29, 1.82) is 0 Å². The van der Waals surface area contributed by atoms with Crippen LogP contribution >= 0.6 is 15.9 Å². The van der Waals surface area contributed by atoms with Crippen molar-refractivity contribution in [2.45, 2.75) is 6.92 Å². The fourth-order valence-electron chi connectivity index (χ4n) is 2.57. The molecule has 1 amide bonds. The second-order valence-electron chi connectivity index (χ2n) is 5.78. The van der Waals surface area contributed by atoms with Crippen molar-refractivity contribution in [2.75, 3.05) is 5.01 Å². The molecule has 2 heterocycles. The number of carbonyl (C=O) groups excluding carboxylic acids is 1. The average molecular weight is 419 g/mol. The maximum Gasteiger partial charge on any atom is 0.333 e. The van der Waals surface area contributed by atoms with Crippen LogP contribution < -0.4 is 16.3 Å². The Morgan fingerprint density at radius 1 is 1.08 bits per heavy atom. The highest BCUT2D eigenvalue weighted by atomic mass is 79.9. The first-order chi connectivity index (χ1) is 12.2. The number of aromatic hydroxyl groups is 1. The van der Waals surface area contributed by atoms with Gasteiger partial charge in [-0.15, -0.1) is 0 Å². The molecule has 8 nitrogen and oxygen atoms in total. The van der Waals surface area contributed by atoms with Gasteiger partial charge in [-0.1, -0.05) is 15.9 Å². The molecule has 1 aliphatic rings. The van der Waals surface area contributed by atoms with E-state index in [2.05, 4.69) is 21.0 Å². The number of carbonyl (C=O) groups is 1. The number of halogens is 1. The molecule has 9 heteroatoms. The van der Waals surface area contributed by atoms with Crippen LogP contribution in [0.15, 0.2) is 49.0 Å². The summed E-state index contributed by atoms with van der Waals surface area (Å²) in [6, 6.07) is 7.02. The zero-order valence-electron chi connectivity index (χ0n) is 14.2. The number of benzene rings is 1. The lowest BCUT2D eigenvalue weighted by atomic mass is 10.1. The Bertz CT molecular complexity index is 1090. The number of rotatable bonds is 2. The molecule has 1 aromatic heterocycles. The van der Waals surface area contributed by atoms with Gasteiger partial charge in [0.05, 0.1) is 17.0 Å². The van der Waals surface area contributed by atoms with Crippen LogP contribution in [0.5, 0.6) is 5.88 Å². The van der Waals surface area contributed by atoms with E-state index < -0.39 is 23.0 Å². The Balaban J connectivity index is 2.11. The predicted octanol–water partition coefficient (Wildman–Crippen LogP) is 1.36. The van der Waals surface area contributed by atoms with Crippen molar-refractivity contribution in [3.8, 4) is 5.88 Å². The zero-order chi connectivity index (χ0) is 19.2. The molecule has 2 aromatic rings. The molecule has 0 radical (unpaired) electrons. The van der Waals surface area contributed by atoms with Crippen molar-refractivity contribution < 1.29 is 9.90 Å². The number of anilines is 1. The number of nitrogens with zero attached hydrogens (tertiary/aromatic N) is 4. The standard InChI is InChI=1S/C17H15BrN4O4/c1-9-12(8-13-14(23)20(2)17(26)21(3)15(13)24)16(25)22(19-9)11-6-4-10(18)5-7-11/h4-8,23H,1-3H3. The van der Waals surface area contributed by atoms with Gasteiger partial charge < -0.3 is 5.11 Å². The Morgan fingerprint density at radius 3 is 2.31 bits per heavy atom. The summed E-state index contributed by atoms with van der Waals surface area (Å²) in [6.07, 6.45) is 1.26. The van der Waals surface area contributed by atoms with E-state index in [0.29, 0.717) is 11.4 Å². The topological polar surface area (TPSA) is 96.9 Å². The van der Waals surface area contributed by atoms with Crippen molar-refractivity contribution in [3.05, 3.63) is 60.7 Å². The van der Waals surface area contributed by atoms with Gasteiger partial charge in [0.2, 0.25) is 5.88 Å². The number of hydrazone groups is 1. The van der Waals surface area contributed by atoms with E-state index in [0.717, 1.165) is 13.6 Å². The van der Waals surface area contributed by atoms with Gasteiger partial charge in [-0.3, -0.25) is 18.7 Å². The second kappa shape index (κ2) is 6.41. The molecule has 0 saturated carbocycles. The molecule has 0 unspecified atom stereocenters. The van der Waals surface area contributed by atoms with E-state index in [1.54, 1.807) is 31.2 Å². The number of amides is 1. The molecular formula is C17H15BrN4O4. The van der Waals surface area contributed by atoms with Gasteiger partial charge >= 0.3 is 5.69 Å². The number of hydrogen-bond donors (Lipinski definition) is 1. The van der Waals surface area contributed by atoms with E-state index in [-0.39, 0.29) is 11.1 Å². The van der Waals surface area contributed by atoms with E-state index in [4.69, 9.17) is 0 Å². The van der Waals surface area contributed by atoms with Crippen LogP contribution in [-0.2, 0) is 18.9 Å². The first-order valence-electron chi connectivity index (χ1n) is 7.58. The Kier molecular flexibility index (Phi) is 4.41. The van der Waals surface area contributed by atoms with Crippen LogP contribution in [0.1, 0.15) is 12.5 Å². The molecule has 0 aliphatic carbocycles. The van der Waals surface area contributed by atoms with Crippen molar-refractivity contribution >= 4 is 39.3 Å². The fraction of sp³-hybridized carbons (Fsp3) is 0.176. The summed E-state index contributed by atoms with van der Waals surface area (Å²) < 4.78 is 2.67. The summed E-state index contributed by atoms with van der Waals surface area (Å²) in [5.41, 5.74) is -0.369. The minimum atomic E-state index is -0.694. The highest BCUT2D eigenvalue weighted by Gasteiger charge is 2.29. The molecule has 0 fully saturated rings. The molecular weight excluding hydrogens is 404 g/mol. The predicted molar refractivity (Wildman–Crippen MR) is 101 cm³/mol. The van der Waals surface area contributed by atoms with E-state index in [1.165, 1.54) is 25.2 Å². The van der Waals surface area contributed by atoms with Crippen LogP contribution in [0, 0.1) is 0 Å². The molecule has 0 saturated heterocycles. The Hall–Kier alpha value is -2.94. The fourth-order valence-corrected chi connectivity index (χ4v) is 2.84. The first kappa shape index (κ1) is 17.9. The summed E-state index contributed by atoms with van der Waals surface area (Å²) in [4.78, 5) is 36.9. The number of aromatic nitrogens is 2. The maximum absolute atomic E-state index is 12.7. The third-order valence-corrected chi connectivity index (χ3v) is 4.62. The summed E-state index contributed by atoms with van der Waals surface area (Å²) >= 11 is 3.33. The molecule has 0 bridgehead atoms.